The van der Waals surface area contributed by atoms with E-state index in [1.54, 1.807) is 30.3 Å². The molecule has 2 rings (SSSR count). The maximum atomic E-state index is 11.5. The lowest BCUT2D eigenvalue weighted by atomic mass is 10.4. The monoisotopic (exact) mass is 248 g/mol. The van der Waals surface area contributed by atoms with Crippen LogP contribution in [0.15, 0.2) is 24.9 Å². The molecule has 0 bridgehead atoms. The molecular weight excluding hydrogens is 232 g/mol. The Morgan fingerprint density at radius 2 is 2.22 bits per heavy atom. The SMILES string of the molecule is CCOC(=O)c1cnn(Cc2cncn2CC)c1. The largest absolute Gasteiger partial charge is 0.462 e. The predicted molar refractivity (Wildman–Crippen MR) is 65.2 cm³/mol. The van der Waals surface area contributed by atoms with Gasteiger partial charge in [-0.2, -0.15) is 5.10 Å². The highest BCUT2D eigenvalue weighted by Crippen LogP contribution is 2.05. The first-order chi connectivity index (χ1) is 8.74. The van der Waals surface area contributed by atoms with Gasteiger partial charge in [0.2, 0.25) is 0 Å². The molecule has 0 spiro atoms. The molecule has 96 valence electrons. The number of aromatic nitrogens is 4. The van der Waals surface area contributed by atoms with E-state index in [0.717, 1.165) is 12.2 Å². The maximum absolute atomic E-state index is 11.5. The van der Waals surface area contributed by atoms with E-state index < -0.39 is 0 Å². The van der Waals surface area contributed by atoms with Crippen LogP contribution in [0.4, 0.5) is 0 Å². The molecule has 0 aliphatic heterocycles. The van der Waals surface area contributed by atoms with E-state index in [4.69, 9.17) is 4.74 Å². The molecule has 6 heteroatoms. The van der Waals surface area contributed by atoms with E-state index in [1.165, 1.54) is 6.20 Å². The maximum Gasteiger partial charge on any atom is 0.341 e. The van der Waals surface area contributed by atoms with Gasteiger partial charge in [-0.1, -0.05) is 0 Å². The minimum Gasteiger partial charge on any atom is -0.462 e. The van der Waals surface area contributed by atoms with Gasteiger partial charge in [-0.25, -0.2) is 9.78 Å². The van der Waals surface area contributed by atoms with E-state index in [-0.39, 0.29) is 5.97 Å². The van der Waals surface area contributed by atoms with Crippen molar-refractivity contribution in [2.24, 2.45) is 0 Å². The molecule has 6 nitrogen and oxygen atoms in total. The fraction of sp³-hybridized carbons (Fsp3) is 0.417. The number of imidazole rings is 1. The molecule has 0 fully saturated rings. The molecule has 0 amide bonds. The number of carbonyl (C=O) groups is 1. The number of nitrogens with zero attached hydrogens (tertiary/aromatic N) is 4. The minimum atomic E-state index is -0.340. The van der Waals surface area contributed by atoms with Gasteiger partial charge in [0, 0.05) is 12.7 Å². The number of rotatable bonds is 5. The van der Waals surface area contributed by atoms with Crippen LogP contribution in [0.2, 0.25) is 0 Å². The van der Waals surface area contributed by atoms with Crippen LogP contribution in [-0.2, 0) is 17.8 Å². The van der Waals surface area contributed by atoms with Crippen LogP contribution >= 0.6 is 0 Å². The highest BCUT2D eigenvalue weighted by atomic mass is 16.5. The Bertz CT molecular complexity index is 530. The van der Waals surface area contributed by atoms with Crippen molar-refractivity contribution in [1.29, 1.82) is 0 Å². The molecule has 0 aliphatic carbocycles. The van der Waals surface area contributed by atoms with Crippen molar-refractivity contribution in [2.45, 2.75) is 26.9 Å². The zero-order chi connectivity index (χ0) is 13.0. The summed E-state index contributed by atoms with van der Waals surface area (Å²) in [6, 6.07) is 0. The van der Waals surface area contributed by atoms with E-state index >= 15 is 0 Å². The number of esters is 1. The molecule has 0 atom stereocenters. The lowest BCUT2D eigenvalue weighted by Gasteiger charge is -2.04. The quantitative estimate of drug-likeness (QED) is 0.749. The van der Waals surface area contributed by atoms with Crippen molar-refractivity contribution in [2.75, 3.05) is 6.61 Å². The summed E-state index contributed by atoms with van der Waals surface area (Å²) in [5, 5.41) is 4.14. The Morgan fingerprint density at radius 3 is 2.94 bits per heavy atom. The topological polar surface area (TPSA) is 61.9 Å². The molecular formula is C12H16N4O2. The molecule has 0 unspecified atom stereocenters. The Labute approximate surface area is 105 Å². The predicted octanol–water partition coefficient (Wildman–Crippen LogP) is 1.32. The van der Waals surface area contributed by atoms with Crippen molar-refractivity contribution >= 4 is 5.97 Å². The molecule has 0 radical (unpaired) electrons. The van der Waals surface area contributed by atoms with Gasteiger partial charge in [0.1, 0.15) is 0 Å². The standard InChI is InChI=1S/C12H16N4O2/c1-3-15-9-13-6-11(15)8-16-7-10(5-14-16)12(17)18-4-2/h5-7,9H,3-4,8H2,1-2H3. The Balaban J connectivity index is 2.09. The lowest BCUT2D eigenvalue weighted by Crippen LogP contribution is -2.07. The van der Waals surface area contributed by atoms with Crippen LogP contribution in [0.3, 0.4) is 0 Å². The van der Waals surface area contributed by atoms with Crippen LogP contribution in [0.5, 0.6) is 0 Å². The number of hydrogen-bond acceptors (Lipinski definition) is 4. The van der Waals surface area contributed by atoms with Crippen LogP contribution in [-0.4, -0.2) is 31.9 Å². The summed E-state index contributed by atoms with van der Waals surface area (Å²) in [4.78, 5) is 15.6. The van der Waals surface area contributed by atoms with Gasteiger partial charge in [0.25, 0.3) is 0 Å². The first-order valence-corrected chi connectivity index (χ1v) is 5.93. The molecule has 2 aromatic heterocycles. The van der Waals surface area contributed by atoms with Gasteiger partial charge in [0.15, 0.2) is 0 Å². The van der Waals surface area contributed by atoms with E-state index in [9.17, 15) is 4.79 Å². The molecule has 0 N–H and O–H groups in total. The smallest absolute Gasteiger partial charge is 0.341 e. The second kappa shape index (κ2) is 5.48. The molecule has 2 aromatic rings. The number of aryl methyl sites for hydroxylation is 1. The van der Waals surface area contributed by atoms with Gasteiger partial charge >= 0.3 is 5.97 Å². The molecule has 0 aliphatic rings. The summed E-state index contributed by atoms with van der Waals surface area (Å²) in [5.41, 5.74) is 1.52. The average Bonchev–Trinajstić information content (AvgIpc) is 2.99. The highest BCUT2D eigenvalue weighted by Gasteiger charge is 2.10. The molecule has 18 heavy (non-hydrogen) atoms. The Hall–Kier alpha value is -2.11. The summed E-state index contributed by atoms with van der Waals surface area (Å²) in [6.45, 7) is 5.65. The highest BCUT2D eigenvalue weighted by molar-refractivity contribution is 5.88. The van der Waals surface area contributed by atoms with Crippen LogP contribution in [0, 0.1) is 0 Å². The fourth-order valence-corrected chi connectivity index (χ4v) is 1.70. The van der Waals surface area contributed by atoms with Crippen LogP contribution < -0.4 is 0 Å². The van der Waals surface area contributed by atoms with Crippen LogP contribution in [0.1, 0.15) is 29.9 Å². The van der Waals surface area contributed by atoms with Gasteiger partial charge in [-0.05, 0) is 13.8 Å². The van der Waals surface area contributed by atoms with E-state index in [1.807, 2.05) is 4.57 Å². The third-order valence-corrected chi connectivity index (χ3v) is 2.61. The summed E-state index contributed by atoms with van der Waals surface area (Å²) < 4.78 is 8.65. The fourth-order valence-electron chi connectivity index (χ4n) is 1.70. The van der Waals surface area contributed by atoms with Crippen molar-refractivity contribution in [3.05, 3.63) is 36.2 Å². The summed E-state index contributed by atoms with van der Waals surface area (Å²) >= 11 is 0. The van der Waals surface area contributed by atoms with E-state index in [2.05, 4.69) is 17.0 Å². The third kappa shape index (κ3) is 2.58. The second-order valence-electron chi connectivity index (χ2n) is 3.82. The second-order valence-corrected chi connectivity index (χ2v) is 3.82. The van der Waals surface area contributed by atoms with Crippen LogP contribution in [0.25, 0.3) is 0 Å². The van der Waals surface area contributed by atoms with Crippen molar-refractivity contribution in [3.63, 3.8) is 0 Å². The zero-order valence-electron chi connectivity index (χ0n) is 10.5. The van der Waals surface area contributed by atoms with Gasteiger partial charge in [-0.15, -0.1) is 0 Å². The first kappa shape index (κ1) is 12.3. The molecule has 0 saturated carbocycles. The van der Waals surface area contributed by atoms with E-state index in [0.29, 0.717) is 18.7 Å². The normalized spacial score (nSPS) is 10.6. The van der Waals surface area contributed by atoms with Crippen molar-refractivity contribution in [3.8, 4) is 0 Å². The molecule has 0 aromatic carbocycles. The average molecular weight is 248 g/mol. The summed E-state index contributed by atoms with van der Waals surface area (Å²) in [6.07, 6.45) is 6.79. The molecule has 0 saturated heterocycles. The number of hydrogen-bond donors (Lipinski definition) is 0. The Kier molecular flexibility index (Phi) is 3.76. The van der Waals surface area contributed by atoms with Crippen molar-refractivity contribution in [1.82, 2.24) is 19.3 Å². The lowest BCUT2D eigenvalue weighted by molar-refractivity contribution is 0.0526. The number of ether oxygens (including phenoxy) is 1. The summed E-state index contributed by atoms with van der Waals surface area (Å²) in [5.74, 6) is -0.340. The third-order valence-electron chi connectivity index (χ3n) is 2.61. The Morgan fingerprint density at radius 1 is 1.39 bits per heavy atom. The summed E-state index contributed by atoms with van der Waals surface area (Å²) in [7, 11) is 0. The first-order valence-electron chi connectivity index (χ1n) is 5.93. The van der Waals surface area contributed by atoms with Gasteiger partial charge in [0.05, 0.1) is 43.1 Å². The molecule has 2 heterocycles. The van der Waals surface area contributed by atoms with Gasteiger partial charge in [-0.3, -0.25) is 4.68 Å². The number of carbonyl (C=O) groups excluding carboxylic acids is 1. The zero-order valence-corrected chi connectivity index (χ0v) is 10.5. The minimum absolute atomic E-state index is 0.340. The van der Waals surface area contributed by atoms with Crippen molar-refractivity contribution < 1.29 is 9.53 Å². The van der Waals surface area contributed by atoms with Gasteiger partial charge < -0.3 is 9.30 Å².